The van der Waals surface area contributed by atoms with E-state index in [2.05, 4.69) is 40.4 Å². The fraction of sp³-hybridized carbons (Fsp3) is 0.533. The Morgan fingerprint density at radius 1 is 1.53 bits per heavy atom. The molecule has 1 aliphatic rings. The average molecular weight is 325 g/mol. The molecular weight excluding hydrogens is 304 g/mol. The van der Waals surface area contributed by atoms with Crippen molar-refractivity contribution in [3.05, 3.63) is 34.3 Å². The van der Waals surface area contributed by atoms with Crippen LogP contribution in [0.3, 0.4) is 0 Å². The minimum atomic E-state index is -0.00975. The van der Waals surface area contributed by atoms with Crippen LogP contribution < -0.4 is 10.6 Å². The molecule has 0 bridgehead atoms. The predicted molar refractivity (Wildman–Crippen MR) is 81.3 cm³/mol. The smallest absolute Gasteiger partial charge is 0.251 e. The van der Waals surface area contributed by atoms with Gasteiger partial charge in [-0.15, -0.1) is 0 Å². The normalized spacial score (nSPS) is 21.9. The number of piperidine rings is 1. The maximum absolute atomic E-state index is 12.1. The van der Waals surface area contributed by atoms with Gasteiger partial charge in [-0.05, 0) is 43.0 Å². The van der Waals surface area contributed by atoms with Crippen LogP contribution in [0.4, 0.5) is 0 Å². The maximum atomic E-state index is 12.1. The number of halogens is 1. The van der Waals surface area contributed by atoms with Crippen LogP contribution in [-0.2, 0) is 0 Å². The van der Waals surface area contributed by atoms with E-state index in [1.165, 1.54) is 12.8 Å². The summed E-state index contributed by atoms with van der Waals surface area (Å²) in [4.78, 5) is 12.1. The Morgan fingerprint density at radius 3 is 3.00 bits per heavy atom. The Balaban J connectivity index is 1.93. The van der Waals surface area contributed by atoms with Gasteiger partial charge in [-0.3, -0.25) is 4.79 Å². The Kier molecular flexibility index (Phi) is 4.63. The van der Waals surface area contributed by atoms with Gasteiger partial charge in [0, 0.05) is 22.6 Å². The van der Waals surface area contributed by atoms with Gasteiger partial charge in [0.15, 0.2) is 0 Å². The molecule has 1 fully saturated rings. The number of carbonyl (C=O) groups excluding carboxylic acids is 1. The molecule has 104 valence electrons. The van der Waals surface area contributed by atoms with E-state index < -0.39 is 0 Å². The highest BCUT2D eigenvalue weighted by Gasteiger charge is 2.31. The van der Waals surface area contributed by atoms with Crippen LogP contribution in [0, 0.1) is 5.41 Å². The summed E-state index contributed by atoms with van der Waals surface area (Å²) in [7, 11) is 0. The number of amides is 1. The summed E-state index contributed by atoms with van der Waals surface area (Å²) in [6, 6.07) is 7.82. The molecule has 0 spiro atoms. The SMILES string of the molecule is CC1(C)CCCNC1CNC(=O)c1cccc(Br)c1. The second-order valence-corrected chi connectivity index (χ2v) is 6.73. The quantitative estimate of drug-likeness (QED) is 0.897. The minimum absolute atomic E-state index is 0.00975. The summed E-state index contributed by atoms with van der Waals surface area (Å²) >= 11 is 3.38. The van der Waals surface area contributed by atoms with Crippen LogP contribution in [0.2, 0.25) is 0 Å². The molecular formula is C15H21BrN2O. The minimum Gasteiger partial charge on any atom is -0.350 e. The largest absolute Gasteiger partial charge is 0.350 e. The first kappa shape index (κ1) is 14.5. The van der Waals surface area contributed by atoms with Crippen molar-refractivity contribution in [3.63, 3.8) is 0 Å². The lowest BCUT2D eigenvalue weighted by molar-refractivity contribution is 0.0929. The van der Waals surface area contributed by atoms with Crippen LogP contribution in [0.25, 0.3) is 0 Å². The van der Waals surface area contributed by atoms with Crippen LogP contribution in [0.5, 0.6) is 0 Å². The maximum Gasteiger partial charge on any atom is 0.251 e. The summed E-state index contributed by atoms with van der Waals surface area (Å²) in [5.74, 6) is -0.00975. The van der Waals surface area contributed by atoms with E-state index in [0.29, 0.717) is 18.2 Å². The number of rotatable bonds is 3. The van der Waals surface area contributed by atoms with Gasteiger partial charge >= 0.3 is 0 Å². The average Bonchev–Trinajstić information content (AvgIpc) is 2.36. The molecule has 2 rings (SSSR count). The molecule has 3 nitrogen and oxygen atoms in total. The van der Waals surface area contributed by atoms with E-state index in [9.17, 15) is 4.79 Å². The highest BCUT2D eigenvalue weighted by atomic mass is 79.9. The summed E-state index contributed by atoms with van der Waals surface area (Å²) in [6.45, 7) is 6.24. The summed E-state index contributed by atoms with van der Waals surface area (Å²) < 4.78 is 0.927. The second-order valence-electron chi connectivity index (χ2n) is 5.82. The van der Waals surface area contributed by atoms with E-state index in [1.54, 1.807) is 0 Å². The molecule has 0 aromatic heterocycles. The zero-order valence-electron chi connectivity index (χ0n) is 11.5. The van der Waals surface area contributed by atoms with Crippen molar-refractivity contribution in [2.24, 2.45) is 5.41 Å². The number of nitrogens with one attached hydrogen (secondary N) is 2. The molecule has 0 radical (unpaired) electrons. The number of hydrogen-bond acceptors (Lipinski definition) is 2. The van der Waals surface area contributed by atoms with Gasteiger partial charge in [0.2, 0.25) is 0 Å². The van der Waals surface area contributed by atoms with Crippen LogP contribution >= 0.6 is 15.9 Å². The van der Waals surface area contributed by atoms with E-state index in [0.717, 1.165) is 11.0 Å². The topological polar surface area (TPSA) is 41.1 Å². The first-order chi connectivity index (χ1) is 8.99. The number of benzene rings is 1. The molecule has 0 saturated carbocycles. The molecule has 1 aromatic carbocycles. The Bertz CT molecular complexity index is 459. The molecule has 1 aromatic rings. The fourth-order valence-corrected chi connectivity index (χ4v) is 2.95. The van der Waals surface area contributed by atoms with E-state index >= 15 is 0 Å². The third-order valence-electron chi connectivity index (χ3n) is 3.89. The van der Waals surface area contributed by atoms with E-state index in [-0.39, 0.29) is 11.3 Å². The van der Waals surface area contributed by atoms with Crippen molar-refractivity contribution in [2.75, 3.05) is 13.1 Å². The molecule has 0 aliphatic carbocycles. The van der Waals surface area contributed by atoms with Crippen LogP contribution in [0.15, 0.2) is 28.7 Å². The van der Waals surface area contributed by atoms with E-state index in [1.807, 2.05) is 24.3 Å². The highest BCUT2D eigenvalue weighted by Crippen LogP contribution is 2.29. The van der Waals surface area contributed by atoms with Gasteiger partial charge in [-0.2, -0.15) is 0 Å². The van der Waals surface area contributed by atoms with Crippen LogP contribution in [0.1, 0.15) is 37.0 Å². The zero-order valence-corrected chi connectivity index (χ0v) is 13.1. The van der Waals surface area contributed by atoms with Crippen molar-refractivity contribution in [1.29, 1.82) is 0 Å². The number of carbonyl (C=O) groups is 1. The highest BCUT2D eigenvalue weighted by molar-refractivity contribution is 9.10. The first-order valence-electron chi connectivity index (χ1n) is 6.76. The summed E-state index contributed by atoms with van der Waals surface area (Å²) in [5.41, 5.74) is 0.936. The molecule has 4 heteroatoms. The van der Waals surface area contributed by atoms with Crippen molar-refractivity contribution in [2.45, 2.75) is 32.7 Å². The van der Waals surface area contributed by atoms with Gasteiger partial charge in [0.25, 0.3) is 5.91 Å². The second kappa shape index (κ2) is 6.06. The lowest BCUT2D eigenvalue weighted by Gasteiger charge is -2.39. The van der Waals surface area contributed by atoms with Crippen molar-refractivity contribution < 1.29 is 4.79 Å². The third-order valence-corrected chi connectivity index (χ3v) is 4.38. The molecule has 1 unspecified atom stereocenters. The molecule has 19 heavy (non-hydrogen) atoms. The van der Waals surface area contributed by atoms with Gasteiger partial charge in [-0.25, -0.2) is 0 Å². The third kappa shape index (κ3) is 3.80. The van der Waals surface area contributed by atoms with Gasteiger partial charge in [0.1, 0.15) is 0 Å². The van der Waals surface area contributed by atoms with Crippen LogP contribution in [-0.4, -0.2) is 25.0 Å². The lowest BCUT2D eigenvalue weighted by Crippen LogP contribution is -2.52. The van der Waals surface area contributed by atoms with Crippen molar-refractivity contribution in [1.82, 2.24) is 10.6 Å². The lowest BCUT2D eigenvalue weighted by atomic mass is 9.77. The first-order valence-corrected chi connectivity index (χ1v) is 7.55. The Hall–Kier alpha value is -0.870. The predicted octanol–water partition coefficient (Wildman–Crippen LogP) is 2.96. The van der Waals surface area contributed by atoms with Gasteiger partial charge in [-0.1, -0.05) is 35.8 Å². The molecule has 1 amide bonds. The summed E-state index contributed by atoms with van der Waals surface area (Å²) in [5, 5.41) is 6.53. The molecule has 1 saturated heterocycles. The molecule has 1 atom stereocenters. The summed E-state index contributed by atoms with van der Waals surface area (Å²) in [6.07, 6.45) is 2.42. The monoisotopic (exact) mass is 324 g/mol. The van der Waals surface area contributed by atoms with Gasteiger partial charge < -0.3 is 10.6 Å². The van der Waals surface area contributed by atoms with Gasteiger partial charge in [0.05, 0.1) is 0 Å². The fourth-order valence-electron chi connectivity index (χ4n) is 2.55. The Morgan fingerprint density at radius 2 is 2.32 bits per heavy atom. The standard InChI is InChI=1S/C15H21BrN2O/c1-15(2)7-4-8-17-13(15)10-18-14(19)11-5-3-6-12(16)9-11/h3,5-6,9,13,17H,4,7-8,10H2,1-2H3,(H,18,19). The molecule has 1 heterocycles. The molecule has 2 N–H and O–H groups in total. The van der Waals surface area contributed by atoms with Crippen molar-refractivity contribution >= 4 is 21.8 Å². The zero-order chi connectivity index (χ0) is 13.9. The number of hydrogen-bond donors (Lipinski definition) is 2. The Labute approximate surface area is 123 Å². The van der Waals surface area contributed by atoms with E-state index in [4.69, 9.17) is 0 Å². The van der Waals surface area contributed by atoms with Crippen molar-refractivity contribution in [3.8, 4) is 0 Å². The molecule has 1 aliphatic heterocycles.